The van der Waals surface area contributed by atoms with Crippen LogP contribution in [0.15, 0.2) is 23.3 Å². The molecule has 1 aromatic carbocycles. The third-order valence-electron chi connectivity index (χ3n) is 3.43. The molecule has 108 valence electrons. The van der Waals surface area contributed by atoms with E-state index < -0.39 is 5.54 Å². The van der Waals surface area contributed by atoms with Crippen molar-refractivity contribution in [2.24, 2.45) is 5.11 Å². The van der Waals surface area contributed by atoms with E-state index in [0.29, 0.717) is 6.54 Å². The maximum absolute atomic E-state index is 12.1. The number of nitrogens with zero attached hydrogens (tertiary/aromatic N) is 3. The van der Waals surface area contributed by atoms with E-state index >= 15 is 0 Å². The fourth-order valence-corrected chi connectivity index (χ4v) is 1.95. The molecule has 6 nitrogen and oxygen atoms in total. The summed E-state index contributed by atoms with van der Waals surface area (Å²) in [5.41, 5.74) is 10.4. The zero-order valence-corrected chi connectivity index (χ0v) is 12.3. The predicted molar refractivity (Wildman–Crippen MR) is 77.3 cm³/mol. The largest absolute Gasteiger partial charge is 0.467 e. The molecule has 6 heteroatoms. The van der Waals surface area contributed by atoms with Gasteiger partial charge in [0.1, 0.15) is 5.54 Å². The molecule has 0 saturated carbocycles. The average Bonchev–Trinajstić information content (AvgIpc) is 2.45. The van der Waals surface area contributed by atoms with Crippen molar-refractivity contribution < 1.29 is 9.53 Å². The predicted octanol–water partition coefficient (Wildman–Crippen LogP) is 2.59. The Hall–Kier alpha value is -2.04. The fraction of sp³-hybridized carbons (Fsp3) is 0.500. The normalized spacial score (nSPS) is 13.2. The van der Waals surface area contributed by atoms with E-state index in [1.165, 1.54) is 7.11 Å². The van der Waals surface area contributed by atoms with Gasteiger partial charge < -0.3 is 4.74 Å². The highest BCUT2D eigenvalue weighted by molar-refractivity contribution is 5.82. The van der Waals surface area contributed by atoms with Gasteiger partial charge in [-0.25, -0.2) is 4.79 Å². The molecule has 20 heavy (non-hydrogen) atoms. The molecule has 1 rings (SSSR count). The lowest BCUT2D eigenvalue weighted by Gasteiger charge is -2.29. The number of hydrogen-bond acceptors (Lipinski definition) is 4. The smallest absolute Gasteiger partial charge is 0.330 e. The molecule has 1 unspecified atom stereocenters. The van der Waals surface area contributed by atoms with E-state index in [2.05, 4.69) is 15.3 Å². The Morgan fingerprint density at radius 2 is 2.15 bits per heavy atom. The summed E-state index contributed by atoms with van der Waals surface area (Å²) in [6.07, 6.45) is 0. The molecule has 0 spiro atoms. The molecule has 1 atom stereocenters. The monoisotopic (exact) mass is 276 g/mol. The summed E-state index contributed by atoms with van der Waals surface area (Å²) in [7, 11) is 1.36. The maximum atomic E-state index is 12.1. The van der Waals surface area contributed by atoms with Gasteiger partial charge in [-0.3, -0.25) is 5.32 Å². The van der Waals surface area contributed by atoms with E-state index in [1.807, 2.05) is 32.0 Å². The lowest BCUT2D eigenvalue weighted by molar-refractivity contribution is -0.148. The number of aryl methyl sites for hydroxylation is 2. The van der Waals surface area contributed by atoms with Gasteiger partial charge in [-0.15, -0.1) is 0 Å². The third kappa shape index (κ3) is 3.50. The SMILES string of the molecule is COC(=O)C(C)(NCCN=[N+]=[N-])c1ccc(C)c(C)c1. The van der Waals surface area contributed by atoms with Crippen molar-refractivity contribution in [3.63, 3.8) is 0 Å². The van der Waals surface area contributed by atoms with E-state index in [0.717, 1.165) is 16.7 Å². The van der Waals surface area contributed by atoms with Crippen LogP contribution in [0, 0.1) is 13.8 Å². The second kappa shape index (κ2) is 6.93. The maximum Gasteiger partial charge on any atom is 0.330 e. The first-order valence-electron chi connectivity index (χ1n) is 6.37. The van der Waals surface area contributed by atoms with Crippen LogP contribution in [0.1, 0.15) is 23.6 Å². The highest BCUT2D eigenvalue weighted by atomic mass is 16.5. The third-order valence-corrected chi connectivity index (χ3v) is 3.43. The first kappa shape index (κ1) is 16.0. The van der Waals surface area contributed by atoms with Gasteiger partial charge in [-0.2, -0.15) is 0 Å². The first-order chi connectivity index (χ1) is 9.45. The highest BCUT2D eigenvalue weighted by Crippen LogP contribution is 2.24. The van der Waals surface area contributed by atoms with Crippen molar-refractivity contribution in [3.05, 3.63) is 45.3 Å². The number of ether oxygens (including phenoxy) is 1. The average molecular weight is 276 g/mol. The van der Waals surface area contributed by atoms with Crippen LogP contribution in [0.4, 0.5) is 0 Å². The number of rotatable bonds is 6. The summed E-state index contributed by atoms with van der Waals surface area (Å²) in [6, 6.07) is 5.84. The van der Waals surface area contributed by atoms with Gasteiger partial charge in [0.2, 0.25) is 0 Å². The van der Waals surface area contributed by atoms with Crippen molar-refractivity contribution in [2.75, 3.05) is 20.2 Å². The second-order valence-corrected chi connectivity index (χ2v) is 4.80. The first-order valence-corrected chi connectivity index (χ1v) is 6.37. The molecule has 0 aromatic heterocycles. The van der Waals surface area contributed by atoms with Gasteiger partial charge in [-0.05, 0) is 43.0 Å². The lowest BCUT2D eigenvalue weighted by Crippen LogP contribution is -2.48. The van der Waals surface area contributed by atoms with E-state index in [9.17, 15) is 4.79 Å². The van der Waals surface area contributed by atoms with Crippen molar-refractivity contribution >= 4 is 5.97 Å². The number of nitrogens with one attached hydrogen (secondary N) is 1. The summed E-state index contributed by atoms with van der Waals surface area (Å²) in [4.78, 5) is 14.8. The van der Waals surface area contributed by atoms with Gasteiger partial charge >= 0.3 is 5.97 Å². The fourth-order valence-electron chi connectivity index (χ4n) is 1.95. The van der Waals surface area contributed by atoms with Crippen molar-refractivity contribution in [2.45, 2.75) is 26.3 Å². The van der Waals surface area contributed by atoms with Crippen molar-refractivity contribution in [1.29, 1.82) is 0 Å². The number of hydrogen-bond donors (Lipinski definition) is 1. The minimum atomic E-state index is -0.960. The Morgan fingerprint density at radius 1 is 1.45 bits per heavy atom. The van der Waals surface area contributed by atoms with Crippen molar-refractivity contribution in [3.8, 4) is 0 Å². The molecule has 1 N–H and O–H groups in total. The van der Waals surface area contributed by atoms with Crippen LogP contribution in [0.2, 0.25) is 0 Å². The molecule has 0 bridgehead atoms. The van der Waals surface area contributed by atoms with Crippen LogP contribution in [0.3, 0.4) is 0 Å². The van der Waals surface area contributed by atoms with Gasteiger partial charge in [0.05, 0.1) is 7.11 Å². The molecule has 0 aliphatic carbocycles. The zero-order chi connectivity index (χ0) is 15.2. The van der Waals surface area contributed by atoms with Crippen molar-refractivity contribution in [1.82, 2.24) is 5.32 Å². The topological polar surface area (TPSA) is 87.1 Å². The molecular weight excluding hydrogens is 256 g/mol. The molecule has 0 aliphatic rings. The van der Waals surface area contributed by atoms with Crippen LogP contribution >= 0.6 is 0 Å². The Labute approximate surface area is 118 Å². The lowest BCUT2D eigenvalue weighted by atomic mass is 9.89. The summed E-state index contributed by atoms with van der Waals surface area (Å²) in [5.74, 6) is -0.373. The van der Waals surface area contributed by atoms with E-state index in [1.54, 1.807) is 6.92 Å². The summed E-state index contributed by atoms with van der Waals surface area (Å²) in [5, 5.41) is 6.56. The molecule has 0 heterocycles. The molecule has 1 aromatic rings. The summed E-state index contributed by atoms with van der Waals surface area (Å²) >= 11 is 0. The minimum Gasteiger partial charge on any atom is -0.467 e. The Bertz CT molecular complexity index is 538. The second-order valence-electron chi connectivity index (χ2n) is 4.80. The highest BCUT2D eigenvalue weighted by Gasteiger charge is 2.35. The van der Waals surface area contributed by atoms with E-state index in [-0.39, 0.29) is 12.5 Å². The quantitative estimate of drug-likeness (QED) is 0.285. The summed E-state index contributed by atoms with van der Waals surface area (Å²) < 4.78 is 4.89. The van der Waals surface area contributed by atoms with Crippen LogP contribution in [0.25, 0.3) is 10.4 Å². The molecule has 0 saturated heterocycles. The number of esters is 1. The van der Waals surface area contributed by atoms with Gasteiger partial charge in [0.25, 0.3) is 0 Å². The molecule has 0 radical (unpaired) electrons. The molecular formula is C14H20N4O2. The Kier molecular flexibility index (Phi) is 5.55. The number of carbonyl (C=O) groups is 1. The van der Waals surface area contributed by atoms with Crippen LogP contribution in [-0.2, 0) is 15.1 Å². The minimum absolute atomic E-state index is 0.272. The number of methoxy groups -OCH3 is 1. The molecule has 0 fully saturated rings. The molecule has 0 amide bonds. The number of carbonyl (C=O) groups excluding carboxylic acids is 1. The zero-order valence-electron chi connectivity index (χ0n) is 12.3. The van der Waals surface area contributed by atoms with E-state index in [4.69, 9.17) is 10.3 Å². The Balaban J connectivity index is 3.06. The number of azide groups is 1. The standard InChI is InChI=1S/C14H20N4O2/c1-10-5-6-12(9-11(10)2)14(3,13(19)20-4)16-7-8-17-18-15/h5-6,9,16H,7-8H2,1-4H3. The van der Waals surface area contributed by atoms with Gasteiger partial charge in [-0.1, -0.05) is 23.3 Å². The molecule has 0 aliphatic heterocycles. The van der Waals surface area contributed by atoms with Crippen LogP contribution in [-0.4, -0.2) is 26.2 Å². The number of benzene rings is 1. The van der Waals surface area contributed by atoms with Crippen LogP contribution in [0.5, 0.6) is 0 Å². The van der Waals surface area contributed by atoms with Crippen LogP contribution < -0.4 is 5.32 Å². The Morgan fingerprint density at radius 3 is 2.70 bits per heavy atom. The summed E-state index contributed by atoms with van der Waals surface area (Å²) in [6.45, 7) is 6.44. The van der Waals surface area contributed by atoms with Gasteiger partial charge in [0, 0.05) is 18.0 Å². The van der Waals surface area contributed by atoms with Gasteiger partial charge in [0.15, 0.2) is 0 Å².